The summed E-state index contributed by atoms with van der Waals surface area (Å²) in [4.78, 5) is 26.7. The lowest BCUT2D eigenvalue weighted by Crippen LogP contribution is -2.49. The maximum atomic E-state index is 12.9. The van der Waals surface area contributed by atoms with Crippen molar-refractivity contribution in [2.45, 2.75) is 26.3 Å². The highest BCUT2D eigenvalue weighted by Crippen LogP contribution is 2.35. The van der Waals surface area contributed by atoms with Gasteiger partial charge in [0.25, 0.3) is 0 Å². The van der Waals surface area contributed by atoms with E-state index in [9.17, 15) is 9.59 Å². The van der Waals surface area contributed by atoms with E-state index in [0.717, 1.165) is 11.1 Å². The van der Waals surface area contributed by atoms with Crippen LogP contribution in [-0.4, -0.2) is 25.0 Å². The van der Waals surface area contributed by atoms with E-state index >= 15 is 0 Å². The molecule has 1 aliphatic rings. The Labute approximate surface area is 141 Å². The molecule has 0 saturated heterocycles. The molecule has 3 rings (SSSR count). The SMILES string of the molecule is COc1ccc2c(c1)N(C(=O)Cc1cccc(C)c1)C(C)C(=O)N2. The Balaban J connectivity index is 1.96. The molecule has 0 bridgehead atoms. The Hall–Kier alpha value is -2.82. The lowest BCUT2D eigenvalue weighted by molar-refractivity contribution is -0.123. The van der Waals surface area contributed by atoms with Crippen molar-refractivity contribution in [3.05, 3.63) is 53.6 Å². The lowest BCUT2D eigenvalue weighted by atomic mass is 10.0. The zero-order valence-electron chi connectivity index (χ0n) is 14.0. The number of carbonyl (C=O) groups is 2. The largest absolute Gasteiger partial charge is 0.497 e. The van der Waals surface area contributed by atoms with E-state index in [2.05, 4.69) is 5.32 Å². The van der Waals surface area contributed by atoms with Crippen LogP contribution in [0, 0.1) is 6.92 Å². The van der Waals surface area contributed by atoms with Crippen molar-refractivity contribution in [3.63, 3.8) is 0 Å². The summed E-state index contributed by atoms with van der Waals surface area (Å²) >= 11 is 0. The summed E-state index contributed by atoms with van der Waals surface area (Å²) in [5.74, 6) is 0.341. The number of carbonyl (C=O) groups excluding carboxylic acids is 2. The van der Waals surface area contributed by atoms with Crippen LogP contribution in [-0.2, 0) is 16.0 Å². The van der Waals surface area contributed by atoms with E-state index in [4.69, 9.17) is 4.74 Å². The third kappa shape index (κ3) is 2.97. The highest BCUT2D eigenvalue weighted by atomic mass is 16.5. The number of aryl methyl sites for hydroxylation is 1. The molecular formula is C19H20N2O3. The van der Waals surface area contributed by atoms with Gasteiger partial charge in [0.1, 0.15) is 11.8 Å². The molecule has 124 valence electrons. The van der Waals surface area contributed by atoms with Crippen LogP contribution in [0.5, 0.6) is 5.75 Å². The maximum Gasteiger partial charge on any atom is 0.247 e. The summed E-state index contributed by atoms with van der Waals surface area (Å²) in [6.07, 6.45) is 0.246. The Morgan fingerprint density at radius 3 is 2.75 bits per heavy atom. The van der Waals surface area contributed by atoms with E-state index < -0.39 is 6.04 Å². The molecule has 1 heterocycles. The van der Waals surface area contributed by atoms with Crippen molar-refractivity contribution in [2.75, 3.05) is 17.3 Å². The van der Waals surface area contributed by atoms with Gasteiger partial charge in [0.2, 0.25) is 11.8 Å². The number of hydrogen-bond acceptors (Lipinski definition) is 3. The lowest BCUT2D eigenvalue weighted by Gasteiger charge is -2.34. The molecule has 0 aromatic heterocycles. The summed E-state index contributed by atoms with van der Waals surface area (Å²) < 4.78 is 5.25. The zero-order chi connectivity index (χ0) is 17.3. The van der Waals surface area contributed by atoms with Gasteiger partial charge in [-0.2, -0.15) is 0 Å². The second-order valence-electron chi connectivity index (χ2n) is 5.98. The van der Waals surface area contributed by atoms with Gasteiger partial charge in [-0.05, 0) is 31.5 Å². The fourth-order valence-corrected chi connectivity index (χ4v) is 2.94. The molecule has 5 nitrogen and oxygen atoms in total. The number of ether oxygens (including phenoxy) is 1. The number of methoxy groups -OCH3 is 1. The summed E-state index contributed by atoms with van der Waals surface area (Å²) in [7, 11) is 1.57. The number of fused-ring (bicyclic) bond motifs is 1. The van der Waals surface area contributed by atoms with Crippen LogP contribution in [0.2, 0.25) is 0 Å². The molecule has 0 fully saturated rings. The average molecular weight is 324 g/mol. The van der Waals surface area contributed by atoms with E-state index in [0.29, 0.717) is 17.1 Å². The summed E-state index contributed by atoms with van der Waals surface area (Å²) in [5, 5.41) is 2.83. The van der Waals surface area contributed by atoms with Crippen LogP contribution >= 0.6 is 0 Å². The summed E-state index contributed by atoms with van der Waals surface area (Å²) in [6.45, 7) is 3.72. The normalized spacial score (nSPS) is 16.4. The fraction of sp³-hybridized carbons (Fsp3) is 0.263. The second-order valence-corrected chi connectivity index (χ2v) is 5.98. The number of amides is 2. The number of hydrogen-bond donors (Lipinski definition) is 1. The van der Waals surface area contributed by atoms with E-state index in [1.807, 2.05) is 31.2 Å². The Morgan fingerprint density at radius 2 is 2.04 bits per heavy atom. The molecule has 0 aliphatic carbocycles. The van der Waals surface area contributed by atoms with Crippen LogP contribution in [0.3, 0.4) is 0 Å². The Bertz CT molecular complexity index is 801. The molecule has 2 aromatic carbocycles. The molecular weight excluding hydrogens is 304 g/mol. The fourth-order valence-electron chi connectivity index (χ4n) is 2.94. The van der Waals surface area contributed by atoms with Crippen molar-refractivity contribution in [2.24, 2.45) is 0 Å². The van der Waals surface area contributed by atoms with Gasteiger partial charge < -0.3 is 10.1 Å². The van der Waals surface area contributed by atoms with Gasteiger partial charge in [-0.3, -0.25) is 14.5 Å². The minimum Gasteiger partial charge on any atom is -0.497 e. The minimum atomic E-state index is -0.568. The van der Waals surface area contributed by atoms with Crippen molar-refractivity contribution in [3.8, 4) is 5.75 Å². The summed E-state index contributed by atoms with van der Waals surface area (Å²) in [5.41, 5.74) is 3.32. The quantitative estimate of drug-likeness (QED) is 0.944. The first kappa shape index (κ1) is 16.1. The molecule has 1 atom stereocenters. The van der Waals surface area contributed by atoms with Gasteiger partial charge >= 0.3 is 0 Å². The highest BCUT2D eigenvalue weighted by Gasteiger charge is 2.34. The first-order valence-corrected chi connectivity index (χ1v) is 7.86. The topological polar surface area (TPSA) is 58.6 Å². The number of nitrogens with zero attached hydrogens (tertiary/aromatic N) is 1. The molecule has 2 aromatic rings. The number of anilines is 2. The molecule has 0 spiro atoms. The van der Waals surface area contributed by atoms with Gasteiger partial charge in [-0.1, -0.05) is 29.8 Å². The first-order chi connectivity index (χ1) is 11.5. The van der Waals surface area contributed by atoms with Gasteiger partial charge in [0.05, 0.1) is 24.9 Å². The minimum absolute atomic E-state index is 0.113. The Morgan fingerprint density at radius 1 is 1.25 bits per heavy atom. The number of benzene rings is 2. The monoisotopic (exact) mass is 324 g/mol. The van der Waals surface area contributed by atoms with Crippen LogP contribution < -0.4 is 15.0 Å². The smallest absolute Gasteiger partial charge is 0.247 e. The van der Waals surface area contributed by atoms with Crippen LogP contribution in [0.25, 0.3) is 0 Å². The maximum absolute atomic E-state index is 12.9. The predicted octanol–water partition coefficient (Wildman–Crippen LogP) is 2.92. The zero-order valence-corrected chi connectivity index (χ0v) is 14.0. The van der Waals surface area contributed by atoms with Gasteiger partial charge in [0.15, 0.2) is 0 Å². The molecule has 5 heteroatoms. The van der Waals surface area contributed by atoms with Crippen LogP contribution in [0.4, 0.5) is 11.4 Å². The van der Waals surface area contributed by atoms with Crippen molar-refractivity contribution < 1.29 is 14.3 Å². The molecule has 1 unspecified atom stereocenters. The number of rotatable bonds is 3. The van der Waals surface area contributed by atoms with E-state index in [1.165, 1.54) is 0 Å². The van der Waals surface area contributed by atoms with Gasteiger partial charge in [-0.25, -0.2) is 0 Å². The van der Waals surface area contributed by atoms with Gasteiger partial charge in [-0.15, -0.1) is 0 Å². The van der Waals surface area contributed by atoms with Crippen molar-refractivity contribution in [1.82, 2.24) is 0 Å². The molecule has 0 saturated carbocycles. The standard InChI is InChI=1S/C19H20N2O3/c1-12-5-4-6-14(9-12)10-18(22)21-13(2)19(23)20-16-8-7-15(24-3)11-17(16)21/h4-9,11,13H,10H2,1-3H3,(H,20,23). The van der Waals surface area contributed by atoms with E-state index in [1.54, 1.807) is 37.1 Å². The second kappa shape index (κ2) is 6.35. The third-order valence-electron chi connectivity index (χ3n) is 4.20. The Kier molecular flexibility index (Phi) is 4.25. The van der Waals surface area contributed by atoms with Crippen LogP contribution in [0.15, 0.2) is 42.5 Å². The predicted molar refractivity (Wildman–Crippen MR) is 93.5 cm³/mol. The third-order valence-corrected chi connectivity index (χ3v) is 4.20. The molecule has 24 heavy (non-hydrogen) atoms. The van der Waals surface area contributed by atoms with Crippen LogP contribution in [0.1, 0.15) is 18.1 Å². The molecule has 2 amide bonds. The molecule has 0 radical (unpaired) electrons. The highest BCUT2D eigenvalue weighted by molar-refractivity contribution is 6.12. The number of nitrogens with one attached hydrogen (secondary N) is 1. The molecule has 1 aliphatic heterocycles. The van der Waals surface area contributed by atoms with Gasteiger partial charge in [0, 0.05) is 6.07 Å². The first-order valence-electron chi connectivity index (χ1n) is 7.86. The average Bonchev–Trinajstić information content (AvgIpc) is 2.55. The van der Waals surface area contributed by atoms with Crippen molar-refractivity contribution >= 4 is 23.2 Å². The molecule has 1 N–H and O–H groups in total. The van der Waals surface area contributed by atoms with Crippen molar-refractivity contribution in [1.29, 1.82) is 0 Å². The summed E-state index contributed by atoms with van der Waals surface area (Å²) in [6, 6.07) is 12.6. The van der Waals surface area contributed by atoms with E-state index in [-0.39, 0.29) is 18.2 Å².